The van der Waals surface area contributed by atoms with E-state index in [1.807, 2.05) is 0 Å². The van der Waals surface area contributed by atoms with Gasteiger partial charge in [0.1, 0.15) is 11.6 Å². The van der Waals surface area contributed by atoms with Crippen LogP contribution < -0.4 is 5.32 Å². The van der Waals surface area contributed by atoms with Crippen LogP contribution in [0.3, 0.4) is 0 Å². The molecule has 3 heteroatoms. The first-order chi connectivity index (χ1) is 8.25. The molecule has 0 radical (unpaired) electrons. The molecule has 1 saturated carbocycles. The highest BCUT2D eigenvalue weighted by atomic mass is 19.1. The van der Waals surface area contributed by atoms with Crippen LogP contribution in [-0.2, 0) is 0 Å². The molecule has 1 aliphatic carbocycles. The lowest BCUT2D eigenvalue weighted by molar-refractivity contribution is 0.345. The molecule has 0 saturated heterocycles. The van der Waals surface area contributed by atoms with Crippen LogP contribution in [0.1, 0.15) is 38.5 Å². The summed E-state index contributed by atoms with van der Waals surface area (Å²) in [6.07, 6.45) is 7.69. The van der Waals surface area contributed by atoms with Crippen molar-refractivity contribution in [1.29, 1.82) is 0 Å². The van der Waals surface area contributed by atoms with Crippen molar-refractivity contribution in [3.05, 3.63) is 29.8 Å². The van der Waals surface area contributed by atoms with E-state index in [1.165, 1.54) is 44.2 Å². The molecule has 0 unspecified atom stereocenters. The monoisotopic (exact) mass is 239 g/mol. The molecule has 1 N–H and O–H groups in total. The third-order valence-corrected chi connectivity index (χ3v) is 3.52. The number of benzene rings is 1. The van der Waals surface area contributed by atoms with Gasteiger partial charge in [-0.1, -0.05) is 32.1 Å². The molecule has 2 rings (SSSR count). The topological polar surface area (TPSA) is 12.0 Å². The average Bonchev–Trinajstić information content (AvgIpc) is 2.33. The standard InChI is InChI=1S/C14H19F2N/c15-12-6-7-14(13(16)10-12)17-9-8-11-4-2-1-3-5-11/h6-7,10-11,17H,1-5,8-9H2. The molecule has 0 amide bonds. The van der Waals surface area contributed by atoms with Crippen LogP contribution in [0.15, 0.2) is 18.2 Å². The van der Waals surface area contributed by atoms with E-state index in [0.29, 0.717) is 5.69 Å². The minimum atomic E-state index is -0.527. The number of hydrogen-bond acceptors (Lipinski definition) is 1. The Morgan fingerprint density at radius 1 is 1.12 bits per heavy atom. The first kappa shape index (κ1) is 12.3. The van der Waals surface area contributed by atoms with E-state index in [0.717, 1.165) is 24.9 Å². The zero-order chi connectivity index (χ0) is 12.1. The third kappa shape index (κ3) is 3.69. The van der Waals surface area contributed by atoms with Crippen LogP contribution in [0.2, 0.25) is 0 Å². The second kappa shape index (κ2) is 5.99. The van der Waals surface area contributed by atoms with Gasteiger partial charge in [-0.3, -0.25) is 0 Å². The van der Waals surface area contributed by atoms with Crippen LogP contribution in [-0.4, -0.2) is 6.54 Å². The van der Waals surface area contributed by atoms with E-state index >= 15 is 0 Å². The van der Waals surface area contributed by atoms with Gasteiger partial charge in [-0.15, -0.1) is 0 Å². The number of halogens is 2. The fourth-order valence-electron chi connectivity index (χ4n) is 2.52. The van der Waals surface area contributed by atoms with Crippen LogP contribution in [0.4, 0.5) is 14.5 Å². The Bertz CT molecular complexity index is 359. The summed E-state index contributed by atoms with van der Waals surface area (Å²) in [5, 5.41) is 3.05. The maximum Gasteiger partial charge on any atom is 0.149 e. The zero-order valence-corrected chi connectivity index (χ0v) is 10.0. The van der Waals surface area contributed by atoms with E-state index in [9.17, 15) is 8.78 Å². The Hall–Kier alpha value is -1.12. The molecule has 0 atom stereocenters. The third-order valence-electron chi connectivity index (χ3n) is 3.52. The lowest BCUT2D eigenvalue weighted by Gasteiger charge is -2.21. The van der Waals surface area contributed by atoms with Gasteiger partial charge in [0, 0.05) is 12.6 Å². The first-order valence-electron chi connectivity index (χ1n) is 6.44. The van der Waals surface area contributed by atoms with Crippen molar-refractivity contribution < 1.29 is 8.78 Å². The van der Waals surface area contributed by atoms with Crippen LogP contribution >= 0.6 is 0 Å². The number of anilines is 1. The minimum Gasteiger partial charge on any atom is -0.383 e. The highest BCUT2D eigenvalue weighted by Crippen LogP contribution is 2.26. The predicted molar refractivity (Wildman–Crippen MR) is 66.0 cm³/mol. The summed E-state index contributed by atoms with van der Waals surface area (Å²) in [5.74, 6) is -0.256. The van der Waals surface area contributed by atoms with E-state index in [2.05, 4.69) is 5.32 Å². The summed E-state index contributed by atoms with van der Waals surface area (Å²) in [6, 6.07) is 3.67. The summed E-state index contributed by atoms with van der Waals surface area (Å²) in [4.78, 5) is 0. The fourth-order valence-corrected chi connectivity index (χ4v) is 2.52. The molecule has 0 spiro atoms. The lowest BCUT2D eigenvalue weighted by Crippen LogP contribution is -2.12. The van der Waals surface area contributed by atoms with Crippen LogP contribution in [0, 0.1) is 17.6 Å². The maximum absolute atomic E-state index is 13.3. The molecule has 17 heavy (non-hydrogen) atoms. The van der Waals surface area contributed by atoms with E-state index in [1.54, 1.807) is 0 Å². The molecule has 1 nitrogen and oxygen atoms in total. The molecule has 0 aromatic heterocycles. The van der Waals surface area contributed by atoms with Gasteiger partial charge in [-0.2, -0.15) is 0 Å². The lowest BCUT2D eigenvalue weighted by atomic mass is 9.87. The van der Waals surface area contributed by atoms with Gasteiger partial charge in [0.05, 0.1) is 5.69 Å². The predicted octanol–water partition coefficient (Wildman–Crippen LogP) is 4.35. The molecule has 1 aromatic carbocycles. The van der Waals surface area contributed by atoms with Gasteiger partial charge in [-0.05, 0) is 24.5 Å². The largest absolute Gasteiger partial charge is 0.383 e. The minimum absolute atomic E-state index is 0.405. The van der Waals surface area contributed by atoms with E-state index in [-0.39, 0.29) is 0 Å². The van der Waals surface area contributed by atoms with E-state index < -0.39 is 11.6 Å². The number of rotatable bonds is 4. The van der Waals surface area contributed by atoms with Crippen molar-refractivity contribution in [2.75, 3.05) is 11.9 Å². The SMILES string of the molecule is Fc1ccc(NCCC2CCCCC2)c(F)c1. The van der Waals surface area contributed by atoms with Crippen molar-refractivity contribution in [3.8, 4) is 0 Å². The number of nitrogens with one attached hydrogen (secondary N) is 1. The summed E-state index contributed by atoms with van der Waals surface area (Å²) in [6.45, 7) is 0.771. The Morgan fingerprint density at radius 2 is 1.88 bits per heavy atom. The van der Waals surface area contributed by atoms with Gasteiger partial charge < -0.3 is 5.32 Å². The van der Waals surface area contributed by atoms with Gasteiger partial charge in [0.15, 0.2) is 0 Å². The smallest absolute Gasteiger partial charge is 0.149 e. The molecular formula is C14H19F2N. The normalized spacial score (nSPS) is 17.1. The highest BCUT2D eigenvalue weighted by Gasteiger charge is 2.13. The molecule has 94 valence electrons. The summed E-state index contributed by atoms with van der Waals surface area (Å²) < 4.78 is 26.0. The average molecular weight is 239 g/mol. The van der Waals surface area contributed by atoms with Crippen LogP contribution in [0.25, 0.3) is 0 Å². The summed E-state index contributed by atoms with van der Waals surface area (Å²) in [7, 11) is 0. The molecule has 1 aromatic rings. The quantitative estimate of drug-likeness (QED) is 0.823. The van der Waals surface area contributed by atoms with Crippen molar-refractivity contribution in [2.45, 2.75) is 38.5 Å². The summed E-state index contributed by atoms with van der Waals surface area (Å²) in [5.41, 5.74) is 0.405. The molecule has 1 fully saturated rings. The molecule has 0 heterocycles. The van der Waals surface area contributed by atoms with Crippen molar-refractivity contribution in [2.24, 2.45) is 5.92 Å². The van der Waals surface area contributed by atoms with Gasteiger partial charge in [-0.25, -0.2) is 8.78 Å². The second-order valence-electron chi connectivity index (χ2n) is 4.84. The molecule has 0 aliphatic heterocycles. The molecule has 1 aliphatic rings. The Kier molecular flexibility index (Phi) is 4.35. The number of hydrogen-bond donors (Lipinski definition) is 1. The molecular weight excluding hydrogens is 220 g/mol. The second-order valence-corrected chi connectivity index (χ2v) is 4.84. The van der Waals surface area contributed by atoms with Crippen molar-refractivity contribution >= 4 is 5.69 Å². The molecule has 0 bridgehead atoms. The van der Waals surface area contributed by atoms with Gasteiger partial charge >= 0.3 is 0 Å². The van der Waals surface area contributed by atoms with Gasteiger partial charge in [0.2, 0.25) is 0 Å². The first-order valence-corrected chi connectivity index (χ1v) is 6.44. The maximum atomic E-state index is 13.3. The zero-order valence-electron chi connectivity index (χ0n) is 10.0. The van der Waals surface area contributed by atoms with Crippen molar-refractivity contribution in [3.63, 3.8) is 0 Å². The summed E-state index contributed by atoms with van der Waals surface area (Å²) >= 11 is 0. The fraction of sp³-hybridized carbons (Fsp3) is 0.571. The Labute approximate surface area is 101 Å². The van der Waals surface area contributed by atoms with E-state index in [4.69, 9.17) is 0 Å². The van der Waals surface area contributed by atoms with Crippen LogP contribution in [0.5, 0.6) is 0 Å². The van der Waals surface area contributed by atoms with Crippen molar-refractivity contribution in [1.82, 2.24) is 0 Å². The Morgan fingerprint density at radius 3 is 2.59 bits per heavy atom. The van der Waals surface area contributed by atoms with Gasteiger partial charge in [0.25, 0.3) is 0 Å². The highest BCUT2D eigenvalue weighted by molar-refractivity contribution is 5.44. The Balaban J connectivity index is 1.77.